The SMILES string of the molecule is CC(c1oc2ccccc2c(=O)c1-c1cccc(F)c1)n1nc(-c2ccc(SCN)cc2)c2c(N)ncnc21. The molecule has 3 aromatic carbocycles. The Hall–Kier alpha value is -4.54. The number of halogens is 1. The van der Waals surface area contributed by atoms with E-state index >= 15 is 0 Å². The quantitative estimate of drug-likeness (QED) is 0.207. The van der Waals surface area contributed by atoms with Crippen molar-refractivity contribution in [3.05, 3.63) is 101 Å². The van der Waals surface area contributed by atoms with Crippen LogP contribution in [0, 0.1) is 5.82 Å². The molecule has 6 aromatic rings. The van der Waals surface area contributed by atoms with Gasteiger partial charge in [-0.15, -0.1) is 11.8 Å². The van der Waals surface area contributed by atoms with E-state index in [2.05, 4.69) is 9.97 Å². The van der Waals surface area contributed by atoms with Gasteiger partial charge in [-0.05, 0) is 48.9 Å². The van der Waals surface area contributed by atoms with Gasteiger partial charge in [0.25, 0.3) is 0 Å². The maximum Gasteiger partial charge on any atom is 0.200 e. The standard InChI is InChI=1S/C29H23FN6O2S/c1-16(27-23(18-5-4-6-19(30)13-18)26(37)21-7-2-3-8-22(21)38-27)36-29-24(28(32)33-15-34-29)25(35-36)17-9-11-20(12-10-17)39-14-31/h2-13,15-16H,14,31H2,1H3,(H2,32,33,34). The molecule has 0 radical (unpaired) electrons. The first-order valence-corrected chi connectivity index (χ1v) is 13.2. The molecule has 0 spiro atoms. The van der Waals surface area contributed by atoms with Crippen LogP contribution < -0.4 is 16.9 Å². The predicted octanol–water partition coefficient (Wildman–Crippen LogP) is 5.61. The van der Waals surface area contributed by atoms with E-state index < -0.39 is 11.9 Å². The Morgan fingerprint density at radius 2 is 1.82 bits per heavy atom. The van der Waals surface area contributed by atoms with Crippen molar-refractivity contribution in [2.45, 2.75) is 17.9 Å². The van der Waals surface area contributed by atoms with E-state index in [1.54, 1.807) is 41.1 Å². The van der Waals surface area contributed by atoms with E-state index in [0.717, 1.165) is 10.5 Å². The van der Waals surface area contributed by atoms with Crippen LogP contribution in [0.1, 0.15) is 18.7 Å². The molecule has 0 saturated heterocycles. The van der Waals surface area contributed by atoms with Crippen molar-refractivity contribution in [1.29, 1.82) is 0 Å². The van der Waals surface area contributed by atoms with Gasteiger partial charge in [0, 0.05) is 16.3 Å². The largest absolute Gasteiger partial charge is 0.458 e. The molecule has 194 valence electrons. The topological polar surface area (TPSA) is 126 Å². The van der Waals surface area contributed by atoms with E-state index in [0.29, 0.717) is 44.9 Å². The summed E-state index contributed by atoms with van der Waals surface area (Å²) >= 11 is 1.53. The van der Waals surface area contributed by atoms with Crippen molar-refractivity contribution < 1.29 is 8.81 Å². The molecule has 10 heteroatoms. The molecule has 0 aliphatic rings. The van der Waals surface area contributed by atoms with Crippen molar-refractivity contribution >= 4 is 39.6 Å². The van der Waals surface area contributed by atoms with Crippen LogP contribution in [0.4, 0.5) is 10.2 Å². The fourth-order valence-electron chi connectivity index (χ4n) is 4.75. The summed E-state index contributed by atoms with van der Waals surface area (Å²) in [5.74, 6) is 0.619. The Morgan fingerprint density at radius 1 is 1.03 bits per heavy atom. The molecule has 0 aliphatic carbocycles. The Bertz CT molecular complexity index is 1900. The first-order chi connectivity index (χ1) is 19.0. The molecule has 0 saturated carbocycles. The second-order valence-electron chi connectivity index (χ2n) is 8.94. The van der Waals surface area contributed by atoms with Crippen LogP contribution >= 0.6 is 11.8 Å². The summed E-state index contributed by atoms with van der Waals surface area (Å²) in [4.78, 5) is 23.5. The van der Waals surface area contributed by atoms with Crippen LogP contribution in [0.3, 0.4) is 0 Å². The number of anilines is 1. The minimum atomic E-state index is -0.613. The molecule has 3 heterocycles. The number of para-hydroxylation sites is 1. The van der Waals surface area contributed by atoms with Gasteiger partial charge in [0.05, 0.1) is 16.3 Å². The van der Waals surface area contributed by atoms with Gasteiger partial charge in [-0.1, -0.05) is 36.4 Å². The molecule has 0 fully saturated rings. The fourth-order valence-corrected chi connectivity index (χ4v) is 5.28. The summed E-state index contributed by atoms with van der Waals surface area (Å²) < 4.78 is 22.3. The maximum atomic E-state index is 14.3. The van der Waals surface area contributed by atoms with Crippen molar-refractivity contribution in [3.8, 4) is 22.4 Å². The molecule has 8 nitrogen and oxygen atoms in total. The van der Waals surface area contributed by atoms with Gasteiger partial charge in [0.15, 0.2) is 5.65 Å². The summed E-state index contributed by atoms with van der Waals surface area (Å²) in [7, 11) is 0. The lowest BCUT2D eigenvalue weighted by atomic mass is 9.99. The van der Waals surface area contributed by atoms with Gasteiger partial charge >= 0.3 is 0 Å². The normalized spacial score (nSPS) is 12.3. The fraction of sp³-hybridized carbons (Fsp3) is 0.103. The summed E-state index contributed by atoms with van der Waals surface area (Å²) in [6, 6.07) is 20.1. The van der Waals surface area contributed by atoms with E-state index in [1.165, 1.54) is 30.2 Å². The van der Waals surface area contributed by atoms with Crippen molar-refractivity contribution in [2.24, 2.45) is 5.73 Å². The zero-order chi connectivity index (χ0) is 27.1. The number of hydrogen-bond donors (Lipinski definition) is 2. The number of nitrogens with two attached hydrogens (primary N) is 2. The summed E-state index contributed by atoms with van der Waals surface area (Å²) in [6.45, 7) is 1.85. The van der Waals surface area contributed by atoms with Gasteiger partial charge in [0.2, 0.25) is 5.43 Å². The van der Waals surface area contributed by atoms with Gasteiger partial charge in [-0.3, -0.25) is 4.79 Å². The van der Waals surface area contributed by atoms with E-state index in [4.69, 9.17) is 21.0 Å². The number of fused-ring (bicyclic) bond motifs is 2. The van der Waals surface area contributed by atoms with Gasteiger partial charge in [-0.25, -0.2) is 19.0 Å². The Balaban J connectivity index is 1.59. The first-order valence-electron chi connectivity index (χ1n) is 12.2. The van der Waals surface area contributed by atoms with Crippen LogP contribution in [0.15, 0.2) is 93.2 Å². The number of nitrogens with zero attached hydrogens (tertiary/aromatic N) is 4. The molecule has 1 unspecified atom stereocenters. The highest BCUT2D eigenvalue weighted by Gasteiger charge is 2.27. The zero-order valence-electron chi connectivity index (χ0n) is 20.8. The monoisotopic (exact) mass is 538 g/mol. The number of rotatable bonds is 6. The summed E-state index contributed by atoms with van der Waals surface area (Å²) in [5, 5.41) is 5.89. The van der Waals surface area contributed by atoms with Gasteiger partial charge in [-0.2, -0.15) is 5.10 Å². The smallest absolute Gasteiger partial charge is 0.200 e. The van der Waals surface area contributed by atoms with Crippen molar-refractivity contribution in [3.63, 3.8) is 0 Å². The van der Waals surface area contributed by atoms with Crippen LogP contribution in [0.5, 0.6) is 0 Å². The highest BCUT2D eigenvalue weighted by molar-refractivity contribution is 7.99. The zero-order valence-corrected chi connectivity index (χ0v) is 21.7. The molecule has 1 atom stereocenters. The molecular weight excluding hydrogens is 515 g/mol. The predicted molar refractivity (Wildman–Crippen MR) is 152 cm³/mol. The highest BCUT2D eigenvalue weighted by Crippen LogP contribution is 2.36. The Labute approximate surface area is 226 Å². The second kappa shape index (κ2) is 9.97. The lowest BCUT2D eigenvalue weighted by Gasteiger charge is -2.17. The first kappa shape index (κ1) is 24.8. The third kappa shape index (κ3) is 4.33. The number of nitrogen functional groups attached to an aromatic ring is 1. The van der Waals surface area contributed by atoms with Crippen LogP contribution in [0.25, 0.3) is 44.4 Å². The number of hydrogen-bond acceptors (Lipinski definition) is 8. The average Bonchev–Trinajstić information content (AvgIpc) is 3.34. The Kier molecular flexibility index (Phi) is 6.34. The summed E-state index contributed by atoms with van der Waals surface area (Å²) in [5.41, 5.74) is 14.7. The molecule has 0 aliphatic heterocycles. The number of thioether (sulfide) groups is 1. The number of aromatic nitrogens is 4. The summed E-state index contributed by atoms with van der Waals surface area (Å²) in [6.07, 6.45) is 1.37. The molecule has 3 aromatic heterocycles. The van der Waals surface area contributed by atoms with Crippen molar-refractivity contribution in [2.75, 3.05) is 11.6 Å². The van der Waals surface area contributed by atoms with E-state index in [-0.39, 0.29) is 16.8 Å². The molecule has 6 rings (SSSR count). The molecule has 0 bridgehead atoms. The molecular formula is C29H23FN6O2S. The van der Waals surface area contributed by atoms with Crippen molar-refractivity contribution in [1.82, 2.24) is 19.7 Å². The average molecular weight is 539 g/mol. The van der Waals surface area contributed by atoms with Crippen LogP contribution in [-0.4, -0.2) is 25.6 Å². The van der Waals surface area contributed by atoms with Gasteiger partial charge in [0.1, 0.15) is 41.0 Å². The van der Waals surface area contributed by atoms with Crippen LogP contribution in [0.2, 0.25) is 0 Å². The lowest BCUT2D eigenvalue weighted by molar-refractivity contribution is 0.446. The minimum Gasteiger partial charge on any atom is -0.458 e. The van der Waals surface area contributed by atoms with E-state index in [9.17, 15) is 9.18 Å². The van der Waals surface area contributed by atoms with Gasteiger partial charge < -0.3 is 15.9 Å². The maximum absolute atomic E-state index is 14.3. The molecule has 0 amide bonds. The van der Waals surface area contributed by atoms with E-state index in [1.807, 2.05) is 31.2 Å². The third-order valence-electron chi connectivity index (χ3n) is 6.58. The minimum absolute atomic E-state index is 0.260. The second-order valence-corrected chi connectivity index (χ2v) is 10.0. The molecule has 39 heavy (non-hydrogen) atoms. The number of benzene rings is 3. The highest BCUT2D eigenvalue weighted by atomic mass is 32.2. The van der Waals surface area contributed by atoms with Crippen LogP contribution in [-0.2, 0) is 0 Å². The molecule has 4 N–H and O–H groups in total. The lowest BCUT2D eigenvalue weighted by Crippen LogP contribution is -2.16. The third-order valence-corrected chi connectivity index (χ3v) is 7.35. The Morgan fingerprint density at radius 3 is 2.59 bits per heavy atom.